The van der Waals surface area contributed by atoms with Gasteiger partial charge in [-0.3, -0.25) is 9.48 Å². The first-order chi connectivity index (χ1) is 10.7. The average molecular weight is 372 g/mol. The predicted molar refractivity (Wildman–Crippen MR) is 99.4 cm³/mol. The number of aromatic nitrogens is 2. The molecular weight excluding hydrogens is 349 g/mol. The molecule has 0 bridgehead atoms. The van der Waals surface area contributed by atoms with Crippen molar-refractivity contribution in [2.75, 3.05) is 18.0 Å². The molecule has 7 heteroatoms. The summed E-state index contributed by atoms with van der Waals surface area (Å²) >= 11 is 0. The van der Waals surface area contributed by atoms with E-state index in [2.05, 4.69) is 34.3 Å². The number of benzene rings is 1. The zero-order chi connectivity index (χ0) is 15.4. The molecule has 2 heterocycles. The first kappa shape index (κ1) is 20.3. The summed E-state index contributed by atoms with van der Waals surface area (Å²) in [5.41, 5.74) is 2.60. The number of carboxylic acid groups (broad SMARTS) is 1. The molecule has 5 nitrogen and oxygen atoms in total. The van der Waals surface area contributed by atoms with Crippen LogP contribution in [0.2, 0.25) is 0 Å². The Kier molecular flexibility index (Phi) is 8.08. The van der Waals surface area contributed by atoms with Gasteiger partial charge in [0, 0.05) is 37.6 Å². The van der Waals surface area contributed by atoms with Crippen LogP contribution in [0.3, 0.4) is 0 Å². The normalized spacial score (nSPS) is 15.8. The molecule has 1 aromatic heterocycles. The molecule has 24 heavy (non-hydrogen) atoms. The highest BCUT2D eigenvalue weighted by Crippen LogP contribution is 2.31. The van der Waals surface area contributed by atoms with Gasteiger partial charge in [0.15, 0.2) is 0 Å². The standard InChI is InChI=1S/C17H21N3O2.2ClH/c21-17(22)7-6-14-12-15-4-1-2-5-16(15)19(13-14)10-11-20-9-3-8-18-20;;/h1-5,8-9,14H,6-7,10-13H2,(H,21,22);2*1H. The maximum Gasteiger partial charge on any atom is 0.303 e. The van der Waals surface area contributed by atoms with Crippen LogP contribution in [0.1, 0.15) is 18.4 Å². The highest BCUT2D eigenvalue weighted by molar-refractivity contribution is 5.85. The van der Waals surface area contributed by atoms with Gasteiger partial charge >= 0.3 is 5.97 Å². The molecule has 1 N–H and O–H groups in total. The molecule has 2 aromatic rings. The third kappa shape index (κ3) is 5.14. The van der Waals surface area contributed by atoms with E-state index in [1.807, 2.05) is 16.9 Å². The van der Waals surface area contributed by atoms with E-state index in [4.69, 9.17) is 5.11 Å². The van der Waals surface area contributed by atoms with Gasteiger partial charge in [-0.1, -0.05) is 18.2 Å². The average Bonchev–Trinajstić information content (AvgIpc) is 3.04. The minimum atomic E-state index is -0.707. The van der Waals surface area contributed by atoms with Gasteiger partial charge < -0.3 is 10.0 Å². The lowest BCUT2D eigenvalue weighted by molar-refractivity contribution is -0.137. The van der Waals surface area contributed by atoms with Gasteiger partial charge in [-0.25, -0.2) is 0 Å². The summed E-state index contributed by atoms with van der Waals surface area (Å²) in [6.07, 6.45) is 5.72. The van der Waals surface area contributed by atoms with E-state index in [9.17, 15) is 4.79 Å². The Morgan fingerprint density at radius 3 is 2.71 bits per heavy atom. The summed E-state index contributed by atoms with van der Waals surface area (Å²) < 4.78 is 1.93. The maximum absolute atomic E-state index is 10.8. The Morgan fingerprint density at radius 2 is 2.00 bits per heavy atom. The van der Waals surface area contributed by atoms with Crippen molar-refractivity contribution < 1.29 is 9.90 Å². The molecule has 1 unspecified atom stereocenters. The second-order valence-corrected chi connectivity index (χ2v) is 5.85. The van der Waals surface area contributed by atoms with Gasteiger partial charge in [-0.15, -0.1) is 24.8 Å². The molecule has 0 amide bonds. The third-order valence-corrected chi connectivity index (χ3v) is 4.24. The van der Waals surface area contributed by atoms with Crippen LogP contribution >= 0.6 is 24.8 Å². The van der Waals surface area contributed by atoms with Crippen LogP contribution in [0.15, 0.2) is 42.7 Å². The lowest BCUT2D eigenvalue weighted by atomic mass is 9.89. The molecule has 0 saturated heterocycles. The number of aliphatic carboxylic acids is 1. The quantitative estimate of drug-likeness (QED) is 0.846. The number of fused-ring (bicyclic) bond motifs is 1. The van der Waals surface area contributed by atoms with E-state index in [1.165, 1.54) is 11.3 Å². The highest BCUT2D eigenvalue weighted by Gasteiger charge is 2.24. The molecule has 132 valence electrons. The number of carboxylic acids is 1. The summed E-state index contributed by atoms with van der Waals surface area (Å²) in [6, 6.07) is 10.4. The number of carbonyl (C=O) groups is 1. The number of nitrogens with zero attached hydrogens (tertiary/aromatic N) is 3. The van der Waals surface area contributed by atoms with Crippen molar-refractivity contribution >= 4 is 36.5 Å². The Hall–Kier alpha value is -1.72. The van der Waals surface area contributed by atoms with Crippen molar-refractivity contribution in [2.45, 2.75) is 25.8 Å². The van der Waals surface area contributed by atoms with Gasteiger partial charge in [-0.2, -0.15) is 5.10 Å². The van der Waals surface area contributed by atoms with E-state index in [-0.39, 0.29) is 31.2 Å². The number of anilines is 1. The Balaban J connectivity index is 0.00000144. The zero-order valence-electron chi connectivity index (χ0n) is 13.4. The van der Waals surface area contributed by atoms with Crippen LogP contribution in [-0.2, 0) is 17.8 Å². The lowest BCUT2D eigenvalue weighted by Gasteiger charge is -2.36. The Morgan fingerprint density at radius 1 is 1.21 bits per heavy atom. The molecule has 0 aliphatic carbocycles. The first-order valence-corrected chi connectivity index (χ1v) is 7.74. The highest BCUT2D eigenvalue weighted by atomic mass is 35.5. The lowest BCUT2D eigenvalue weighted by Crippen LogP contribution is -2.37. The van der Waals surface area contributed by atoms with Crippen molar-refractivity contribution in [3.05, 3.63) is 48.3 Å². The van der Waals surface area contributed by atoms with Crippen molar-refractivity contribution in [1.29, 1.82) is 0 Å². The van der Waals surface area contributed by atoms with E-state index in [0.717, 1.165) is 32.5 Å². The van der Waals surface area contributed by atoms with Crippen LogP contribution in [0.25, 0.3) is 0 Å². The second-order valence-electron chi connectivity index (χ2n) is 5.85. The summed E-state index contributed by atoms with van der Waals surface area (Å²) in [5.74, 6) is -0.300. The molecule has 1 atom stereocenters. The van der Waals surface area contributed by atoms with E-state index in [0.29, 0.717) is 5.92 Å². The number of hydrogen-bond acceptors (Lipinski definition) is 3. The van der Waals surface area contributed by atoms with Gasteiger partial charge in [-0.05, 0) is 36.5 Å². The van der Waals surface area contributed by atoms with Gasteiger partial charge in [0.05, 0.1) is 6.54 Å². The Labute approximate surface area is 154 Å². The predicted octanol–water partition coefficient (Wildman–Crippen LogP) is 3.27. The van der Waals surface area contributed by atoms with Gasteiger partial charge in [0.25, 0.3) is 0 Å². The number of hydrogen-bond donors (Lipinski definition) is 1. The van der Waals surface area contributed by atoms with Crippen molar-refractivity contribution in [3.8, 4) is 0 Å². The summed E-state index contributed by atoms with van der Waals surface area (Å²) in [7, 11) is 0. The fourth-order valence-corrected chi connectivity index (χ4v) is 3.17. The minimum absolute atomic E-state index is 0. The summed E-state index contributed by atoms with van der Waals surface area (Å²) in [6.45, 7) is 2.65. The number of rotatable bonds is 6. The smallest absolute Gasteiger partial charge is 0.303 e. The van der Waals surface area contributed by atoms with Gasteiger partial charge in [0.1, 0.15) is 0 Å². The largest absolute Gasteiger partial charge is 0.481 e. The van der Waals surface area contributed by atoms with Crippen molar-refractivity contribution in [2.24, 2.45) is 5.92 Å². The molecular formula is C17H23Cl2N3O2. The SMILES string of the molecule is Cl.Cl.O=C(O)CCC1Cc2ccccc2N(CCn2cccn2)C1. The van der Waals surface area contributed by atoms with E-state index >= 15 is 0 Å². The van der Waals surface area contributed by atoms with Crippen LogP contribution in [0.5, 0.6) is 0 Å². The Bertz CT molecular complexity index is 635. The first-order valence-electron chi connectivity index (χ1n) is 7.74. The van der Waals surface area contributed by atoms with Crippen LogP contribution in [0.4, 0.5) is 5.69 Å². The topological polar surface area (TPSA) is 58.4 Å². The molecule has 1 aliphatic heterocycles. The summed E-state index contributed by atoms with van der Waals surface area (Å²) in [5, 5.41) is 13.2. The van der Waals surface area contributed by atoms with Crippen LogP contribution < -0.4 is 4.90 Å². The zero-order valence-corrected chi connectivity index (χ0v) is 15.0. The molecule has 0 spiro atoms. The van der Waals surface area contributed by atoms with Crippen molar-refractivity contribution in [1.82, 2.24) is 9.78 Å². The summed E-state index contributed by atoms with van der Waals surface area (Å²) in [4.78, 5) is 13.2. The maximum atomic E-state index is 10.8. The van der Waals surface area contributed by atoms with Crippen LogP contribution in [-0.4, -0.2) is 33.9 Å². The molecule has 0 radical (unpaired) electrons. The fraction of sp³-hybridized carbons (Fsp3) is 0.412. The fourth-order valence-electron chi connectivity index (χ4n) is 3.17. The number of para-hydroxylation sites is 1. The monoisotopic (exact) mass is 371 g/mol. The second kappa shape index (κ2) is 9.55. The molecule has 0 fully saturated rings. The molecule has 1 aliphatic rings. The van der Waals surface area contributed by atoms with E-state index < -0.39 is 5.97 Å². The molecule has 1 aromatic carbocycles. The molecule has 0 saturated carbocycles. The third-order valence-electron chi connectivity index (χ3n) is 4.24. The minimum Gasteiger partial charge on any atom is -0.481 e. The molecule has 3 rings (SSSR count). The van der Waals surface area contributed by atoms with Crippen LogP contribution in [0, 0.1) is 5.92 Å². The van der Waals surface area contributed by atoms with Gasteiger partial charge in [0.2, 0.25) is 0 Å². The van der Waals surface area contributed by atoms with Crippen molar-refractivity contribution in [3.63, 3.8) is 0 Å². The number of halogens is 2. The van der Waals surface area contributed by atoms with E-state index in [1.54, 1.807) is 6.20 Å².